The summed E-state index contributed by atoms with van der Waals surface area (Å²) in [5.41, 5.74) is 0. The molecule has 2 rings (SSSR count). The van der Waals surface area contributed by atoms with Gasteiger partial charge in [-0.15, -0.1) is 0 Å². The first-order chi connectivity index (χ1) is 11.6. The van der Waals surface area contributed by atoms with Gasteiger partial charge in [0.1, 0.15) is 0 Å². The second kappa shape index (κ2) is 9.22. The topological polar surface area (TPSA) is 76.1 Å². The molecule has 7 heteroatoms. The van der Waals surface area contributed by atoms with Gasteiger partial charge in [-0.3, -0.25) is 9.59 Å². The Kier molecular flexibility index (Phi) is 6.99. The fraction of sp³-hybridized carbons (Fsp3) is 0.529. The van der Waals surface area contributed by atoms with Crippen LogP contribution < -0.4 is 4.74 Å². The Morgan fingerprint density at radius 1 is 1.25 bits per heavy atom. The molecule has 1 heterocycles. The number of carbonyl (C=O) groups excluding carboxylic acids is 1. The number of aliphatic carboxylic acids is 1. The minimum Gasteiger partial charge on any atom is -0.490 e. The molecule has 1 fully saturated rings. The van der Waals surface area contributed by atoms with Crippen LogP contribution in [-0.4, -0.2) is 54.3 Å². The van der Waals surface area contributed by atoms with Crippen molar-refractivity contribution in [3.05, 3.63) is 30.1 Å². The zero-order chi connectivity index (χ0) is 17.4. The Labute approximate surface area is 140 Å². The van der Waals surface area contributed by atoms with Gasteiger partial charge < -0.3 is 19.5 Å². The Hall–Kier alpha value is -2.15. The van der Waals surface area contributed by atoms with Crippen molar-refractivity contribution >= 4 is 11.9 Å². The van der Waals surface area contributed by atoms with Gasteiger partial charge in [-0.05, 0) is 25.0 Å². The predicted octanol–water partition coefficient (Wildman–Crippen LogP) is 2.08. The molecule has 0 aliphatic carbocycles. The normalized spacial score (nSPS) is 15.0. The molecule has 1 aliphatic heterocycles. The van der Waals surface area contributed by atoms with Crippen molar-refractivity contribution in [1.82, 2.24) is 4.90 Å². The molecule has 1 amide bonds. The lowest BCUT2D eigenvalue weighted by atomic mass is 10.1. The number of para-hydroxylation sites is 1. The Morgan fingerprint density at radius 2 is 1.96 bits per heavy atom. The van der Waals surface area contributed by atoms with Gasteiger partial charge >= 0.3 is 5.97 Å². The smallest absolute Gasteiger partial charge is 0.305 e. The molecule has 0 atom stereocenters. The summed E-state index contributed by atoms with van der Waals surface area (Å²) in [5, 5.41) is 8.87. The molecular weight excluding hydrogens is 317 g/mol. The van der Waals surface area contributed by atoms with Crippen LogP contribution in [0.5, 0.6) is 5.75 Å². The van der Waals surface area contributed by atoms with Crippen molar-refractivity contribution in [3.63, 3.8) is 0 Å². The summed E-state index contributed by atoms with van der Waals surface area (Å²) in [6.07, 6.45) is 1.36. The Balaban J connectivity index is 1.88. The highest BCUT2D eigenvalue weighted by Crippen LogP contribution is 2.18. The fourth-order valence-corrected chi connectivity index (χ4v) is 2.68. The van der Waals surface area contributed by atoms with Crippen molar-refractivity contribution in [3.8, 4) is 5.75 Å². The number of nitrogens with zero attached hydrogens (tertiary/aromatic N) is 1. The lowest BCUT2D eigenvalue weighted by Crippen LogP contribution is -2.44. The van der Waals surface area contributed by atoms with Crippen LogP contribution in [0.15, 0.2) is 24.3 Å². The highest BCUT2D eigenvalue weighted by molar-refractivity contribution is 5.77. The minimum absolute atomic E-state index is 0.0148. The summed E-state index contributed by atoms with van der Waals surface area (Å²) in [5.74, 6) is -1.49. The van der Waals surface area contributed by atoms with E-state index in [4.69, 9.17) is 14.6 Å². The predicted molar refractivity (Wildman–Crippen MR) is 84.3 cm³/mol. The standard InChI is InChI=1S/C17H22FNO5/c18-14-3-1-2-4-15(14)24-12-8-16(20)19(9-5-17(21)22)13-6-10-23-11-7-13/h1-4,13H,5-12H2,(H,21,22). The number of carboxylic acid groups (broad SMARTS) is 1. The summed E-state index contributed by atoms with van der Waals surface area (Å²) in [4.78, 5) is 24.9. The van der Waals surface area contributed by atoms with Crippen LogP contribution in [0.3, 0.4) is 0 Å². The van der Waals surface area contributed by atoms with E-state index in [1.807, 2.05) is 0 Å². The van der Waals surface area contributed by atoms with Crippen molar-refractivity contribution in [1.29, 1.82) is 0 Å². The molecule has 0 unspecified atom stereocenters. The average Bonchev–Trinajstić information content (AvgIpc) is 2.57. The van der Waals surface area contributed by atoms with Crippen molar-refractivity contribution in [2.45, 2.75) is 31.7 Å². The van der Waals surface area contributed by atoms with Gasteiger partial charge in [0, 0.05) is 25.8 Å². The molecule has 1 aliphatic rings. The van der Waals surface area contributed by atoms with E-state index < -0.39 is 11.8 Å². The van der Waals surface area contributed by atoms with Crippen LogP contribution in [0.2, 0.25) is 0 Å². The van der Waals surface area contributed by atoms with Crippen molar-refractivity contribution < 1.29 is 28.6 Å². The van der Waals surface area contributed by atoms with Crippen molar-refractivity contribution in [2.75, 3.05) is 26.4 Å². The first-order valence-corrected chi connectivity index (χ1v) is 8.04. The fourth-order valence-electron chi connectivity index (χ4n) is 2.68. The highest BCUT2D eigenvalue weighted by atomic mass is 19.1. The molecule has 0 bridgehead atoms. The van der Waals surface area contributed by atoms with E-state index in [0.29, 0.717) is 26.1 Å². The van der Waals surface area contributed by atoms with Crippen LogP contribution in [0.25, 0.3) is 0 Å². The molecule has 0 spiro atoms. The quantitative estimate of drug-likeness (QED) is 0.785. The van der Waals surface area contributed by atoms with Crippen LogP contribution in [0.4, 0.5) is 4.39 Å². The SMILES string of the molecule is O=C(O)CCN(C(=O)CCOc1ccccc1F)C1CCOCC1. The van der Waals surface area contributed by atoms with Gasteiger partial charge in [-0.25, -0.2) is 4.39 Å². The summed E-state index contributed by atoms with van der Waals surface area (Å²) < 4.78 is 24.1. The van der Waals surface area contributed by atoms with E-state index >= 15 is 0 Å². The van der Waals surface area contributed by atoms with Crippen LogP contribution >= 0.6 is 0 Å². The number of carbonyl (C=O) groups is 2. The van der Waals surface area contributed by atoms with Gasteiger partial charge in [0.25, 0.3) is 0 Å². The highest BCUT2D eigenvalue weighted by Gasteiger charge is 2.26. The van der Waals surface area contributed by atoms with Crippen molar-refractivity contribution in [2.24, 2.45) is 0 Å². The molecule has 0 saturated carbocycles. The second-order valence-corrected chi connectivity index (χ2v) is 5.60. The number of carboxylic acids is 1. The second-order valence-electron chi connectivity index (χ2n) is 5.60. The van der Waals surface area contributed by atoms with Gasteiger partial charge in [0.2, 0.25) is 5.91 Å². The molecule has 132 valence electrons. The van der Waals surface area contributed by atoms with E-state index in [2.05, 4.69) is 0 Å². The number of halogens is 1. The van der Waals surface area contributed by atoms with Gasteiger partial charge in [-0.2, -0.15) is 0 Å². The zero-order valence-electron chi connectivity index (χ0n) is 13.4. The van der Waals surface area contributed by atoms with E-state index in [1.54, 1.807) is 17.0 Å². The maximum absolute atomic E-state index is 13.5. The van der Waals surface area contributed by atoms with Gasteiger partial charge in [0.15, 0.2) is 11.6 Å². The van der Waals surface area contributed by atoms with E-state index in [1.165, 1.54) is 12.1 Å². The third kappa shape index (κ3) is 5.49. The lowest BCUT2D eigenvalue weighted by molar-refractivity contribution is -0.140. The average molecular weight is 339 g/mol. The van der Waals surface area contributed by atoms with Crippen LogP contribution in [0.1, 0.15) is 25.7 Å². The Morgan fingerprint density at radius 3 is 2.62 bits per heavy atom. The lowest BCUT2D eigenvalue weighted by Gasteiger charge is -2.34. The third-order valence-electron chi connectivity index (χ3n) is 3.93. The largest absolute Gasteiger partial charge is 0.490 e. The van der Waals surface area contributed by atoms with E-state index in [9.17, 15) is 14.0 Å². The number of benzene rings is 1. The third-order valence-corrected chi connectivity index (χ3v) is 3.93. The molecule has 1 N–H and O–H groups in total. The summed E-state index contributed by atoms with van der Waals surface area (Å²) >= 11 is 0. The number of rotatable bonds is 8. The Bertz CT molecular complexity index is 560. The molecular formula is C17H22FNO5. The molecule has 6 nitrogen and oxygen atoms in total. The number of amides is 1. The van der Waals surface area contributed by atoms with E-state index in [0.717, 1.165) is 0 Å². The summed E-state index contributed by atoms with van der Waals surface area (Å²) in [6, 6.07) is 5.99. The van der Waals surface area contributed by atoms with E-state index in [-0.39, 0.29) is 43.7 Å². The van der Waals surface area contributed by atoms with Gasteiger partial charge in [0.05, 0.1) is 19.4 Å². The molecule has 1 aromatic rings. The number of hydrogen-bond donors (Lipinski definition) is 1. The zero-order valence-corrected chi connectivity index (χ0v) is 13.4. The minimum atomic E-state index is -0.942. The molecule has 1 aromatic carbocycles. The maximum atomic E-state index is 13.5. The molecule has 0 radical (unpaired) electrons. The molecule has 1 saturated heterocycles. The maximum Gasteiger partial charge on any atom is 0.305 e. The molecule has 0 aromatic heterocycles. The number of hydrogen-bond acceptors (Lipinski definition) is 4. The first-order valence-electron chi connectivity index (χ1n) is 8.04. The summed E-state index contributed by atoms with van der Waals surface area (Å²) in [6.45, 7) is 1.34. The van der Waals surface area contributed by atoms with Crippen LogP contribution in [0, 0.1) is 5.82 Å². The molecule has 24 heavy (non-hydrogen) atoms. The summed E-state index contributed by atoms with van der Waals surface area (Å²) in [7, 11) is 0. The van der Waals surface area contributed by atoms with Crippen LogP contribution in [-0.2, 0) is 14.3 Å². The number of ether oxygens (including phenoxy) is 2. The first kappa shape index (κ1) is 18.2. The monoisotopic (exact) mass is 339 g/mol. The van der Waals surface area contributed by atoms with Gasteiger partial charge in [-0.1, -0.05) is 12.1 Å².